The van der Waals surface area contributed by atoms with Crippen molar-refractivity contribution in [3.05, 3.63) is 39.7 Å². The van der Waals surface area contributed by atoms with E-state index in [1.54, 1.807) is 32.5 Å². The van der Waals surface area contributed by atoms with Gasteiger partial charge in [-0.2, -0.15) is 5.10 Å². The number of aromatic nitrogens is 2. The Kier molecular flexibility index (Phi) is 5.14. The fourth-order valence-corrected chi connectivity index (χ4v) is 3.67. The number of anilines is 2. The lowest BCUT2D eigenvalue weighted by Crippen LogP contribution is -2.30. The lowest BCUT2D eigenvalue weighted by Gasteiger charge is -2.12. The summed E-state index contributed by atoms with van der Waals surface area (Å²) >= 11 is 0. The van der Waals surface area contributed by atoms with Crippen molar-refractivity contribution >= 4 is 27.1 Å². The highest BCUT2D eigenvalue weighted by Gasteiger charge is 2.23. The summed E-state index contributed by atoms with van der Waals surface area (Å²) < 4.78 is 28.5. The molecule has 10 heteroatoms. The number of hydrogen-bond acceptors (Lipinski definition) is 6. The van der Waals surface area contributed by atoms with Crippen LogP contribution in [-0.2, 0) is 17.1 Å². The number of nitro groups is 1. The van der Waals surface area contributed by atoms with Gasteiger partial charge in [-0.05, 0) is 39.8 Å². The highest BCUT2D eigenvalue weighted by atomic mass is 32.2. The molecule has 2 N–H and O–H groups in total. The van der Waals surface area contributed by atoms with Gasteiger partial charge in [0.25, 0.3) is 5.69 Å². The molecule has 0 saturated heterocycles. The Labute approximate surface area is 146 Å². The van der Waals surface area contributed by atoms with Gasteiger partial charge in [0, 0.05) is 19.2 Å². The van der Waals surface area contributed by atoms with E-state index in [0.29, 0.717) is 11.4 Å². The second-order valence-corrected chi connectivity index (χ2v) is 7.72. The van der Waals surface area contributed by atoms with Crippen molar-refractivity contribution in [1.29, 1.82) is 0 Å². The average molecular weight is 367 g/mol. The summed E-state index contributed by atoms with van der Waals surface area (Å²) in [6, 6.07) is 3.45. The molecule has 0 saturated carbocycles. The molecule has 0 aliphatic rings. The Morgan fingerprint density at radius 3 is 2.40 bits per heavy atom. The monoisotopic (exact) mass is 367 g/mol. The van der Waals surface area contributed by atoms with Crippen LogP contribution in [0.25, 0.3) is 0 Å². The van der Waals surface area contributed by atoms with Crippen molar-refractivity contribution < 1.29 is 13.3 Å². The first-order chi connectivity index (χ1) is 11.5. The number of sulfonamides is 1. The first-order valence-corrected chi connectivity index (χ1v) is 9.09. The molecule has 1 aromatic carbocycles. The lowest BCUT2D eigenvalue weighted by atomic mass is 10.2. The fourth-order valence-electron chi connectivity index (χ4n) is 2.40. The van der Waals surface area contributed by atoms with Gasteiger partial charge in [-0.25, -0.2) is 13.1 Å². The summed E-state index contributed by atoms with van der Waals surface area (Å²) in [5.41, 5.74) is 2.03. The maximum atomic E-state index is 12.2. The minimum atomic E-state index is -3.82. The van der Waals surface area contributed by atoms with Gasteiger partial charge in [0.15, 0.2) is 0 Å². The molecular weight excluding hydrogens is 346 g/mol. The van der Waals surface area contributed by atoms with Gasteiger partial charge in [-0.1, -0.05) is 0 Å². The standard InChI is InChI=1S/C15H21N5O4S/c1-9(2)18-25(23,24)12-6-7-13(14(8-12)20(21)22)16-15-10(3)17-19(5)11(15)4/h6-9,16,18H,1-5H3. The molecule has 0 amide bonds. The van der Waals surface area contributed by atoms with E-state index in [9.17, 15) is 18.5 Å². The van der Waals surface area contributed by atoms with Crippen molar-refractivity contribution in [2.24, 2.45) is 7.05 Å². The van der Waals surface area contributed by atoms with Crippen molar-refractivity contribution in [1.82, 2.24) is 14.5 Å². The zero-order chi connectivity index (χ0) is 18.9. The Morgan fingerprint density at radius 2 is 1.92 bits per heavy atom. The summed E-state index contributed by atoms with van der Waals surface area (Å²) in [7, 11) is -2.04. The normalized spacial score (nSPS) is 11.8. The van der Waals surface area contributed by atoms with Crippen molar-refractivity contribution in [2.75, 3.05) is 5.32 Å². The highest BCUT2D eigenvalue weighted by molar-refractivity contribution is 7.89. The smallest absolute Gasteiger partial charge is 0.294 e. The summed E-state index contributed by atoms with van der Waals surface area (Å²) in [6.45, 7) is 6.97. The first-order valence-electron chi connectivity index (χ1n) is 7.61. The van der Waals surface area contributed by atoms with Gasteiger partial charge in [0.2, 0.25) is 10.0 Å². The second-order valence-electron chi connectivity index (χ2n) is 6.01. The van der Waals surface area contributed by atoms with E-state index < -0.39 is 14.9 Å². The lowest BCUT2D eigenvalue weighted by molar-refractivity contribution is -0.384. The number of hydrogen-bond donors (Lipinski definition) is 2. The maximum Gasteiger partial charge on any atom is 0.294 e. The molecule has 136 valence electrons. The van der Waals surface area contributed by atoms with Crippen LogP contribution in [-0.4, -0.2) is 29.2 Å². The van der Waals surface area contributed by atoms with Gasteiger partial charge in [0.05, 0.1) is 26.9 Å². The first kappa shape index (κ1) is 18.9. The van der Waals surface area contributed by atoms with E-state index in [-0.39, 0.29) is 22.3 Å². The molecule has 0 bridgehead atoms. The number of nitro benzene ring substituents is 1. The minimum absolute atomic E-state index is 0.155. The van der Waals surface area contributed by atoms with Crippen molar-refractivity contribution in [2.45, 2.75) is 38.6 Å². The van der Waals surface area contributed by atoms with Gasteiger partial charge >= 0.3 is 0 Å². The molecule has 1 aromatic heterocycles. The quantitative estimate of drug-likeness (QED) is 0.597. The zero-order valence-electron chi connectivity index (χ0n) is 14.7. The molecular formula is C15H21N5O4S. The fraction of sp³-hybridized carbons (Fsp3) is 0.400. The van der Waals surface area contributed by atoms with Crippen LogP contribution in [0.2, 0.25) is 0 Å². The van der Waals surface area contributed by atoms with E-state index in [1.807, 2.05) is 6.92 Å². The zero-order valence-corrected chi connectivity index (χ0v) is 15.5. The van der Waals surface area contributed by atoms with Crippen LogP contribution in [0.15, 0.2) is 23.1 Å². The molecule has 0 radical (unpaired) electrons. The second kappa shape index (κ2) is 6.81. The molecule has 25 heavy (non-hydrogen) atoms. The summed E-state index contributed by atoms with van der Waals surface area (Å²) in [5.74, 6) is 0. The summed E-state index contributed by atoms with van der Waals surface area (Å²) in [5, 5.41) is 18.7. The van der Waals surface area contributed by atoms with Crippen molar-refractivity contribution in [3.8, 4) is 0 Å². The molecule has 0 spiro atoms. The van der Waals surface area contributed by atoms with E-state index in [0.717, 1.165) is 11.8 Å². The van der Waals surface area contributed by atoms with Gasteiger partial charge in [0.1, 0.15) is 5.69 Å². The molecule has 1 heterocycles. The van der Waals surface area contributed by atoms with Crippen LogP contribution < -0.4 is 10.0 Å². The molecule has 0 fully saturated rings. The van der Waals surface area contributed by atoms with Crippen LogP contribution in [0, 0.1) is 24.0 Å². The minimum Gasteiger partial charge on any atom is -0.347 e. The van der Waals surface area contributed by atoms with Crippen molar-refractivity contribution in [3.63, 3.8) is 0 Å². The molecule has 0 aliphatic carbocycles. The molecule has 0 aliphatic heterocycles. The summed E-state index contributed by atoms with van der Waals surface area (Å²) in [6.07, 6.45) is 0. The molecule has 0 atom stereocenters. The van der Waals surface area contributed by atoms with E-state index >= 15 is 0 Å². The highest BCUT2D eigenvalue weighted by Crippen LogP contribution is 2.32. The van der Waals surface area contributed by atoms with Crippen LogP contribution in [0.4, 0.5) is 17.1 Å². The van der Waals surface area contributed by atoms with Gasteiger partial charge in [-0.15, -0.1) is 0 Å². The maximum absolute atomic E-state index is 12.2. The number of aryl methyl sites for hydroxylation is 2. The van der Waals surface area contributed by atoms with Crippen LogP contribution in [0.3, 0.4) is 0 Å². The Balaban J connectivity index is 2.49. The predicted octanol–water partition coefficient (Wildman–Crippen LogP) is 2.38. The number of rotatable bonds is 6. The molecule has 2 aromatic rings. The SMILES string of the molecule is Cc1nn(C)c(C)c1Nc1ccc(S(=O)(=O)NC(C)C)cc1[N+](=O)[O-]. The van der Waals surface area contributed by atoms with Gasteiger partial charge in [-0.3, -0.25) is 14.8 Å². The molecule has 2 rings (SSSR count). The van der Waals surface area contributed by atoms with Crippen LogP contribution >= 0.6 is 0 Å². The molecule has 9 nitrogen and oxygen atoms in total. The Hall–Kier alpha value is -2.46. The van der Waals surface area contributed by atoms with E-state index in [4.69, 9.17) is 0 Å². The Bertz CT molecular complexity index is 918. The third-order valence-corrected chi connectivity index (χ3v) is 5.29. The van der Waals surface area contributed by atoms with E-state index in [1.165, 1.54) is 12.1 Å². The van der Waals surface area contributed by atoms with Gasteiger partial charge < -0.3 is 5.32 Å². The average Bonchev–Trinajstić information content (AvgIpc) is 2.72. The number of benzene rings is 1. The third kappa shape index (κ3) is 3.97. The largest absolute Gasteiger partial charge is 0.347 e. The third-order valence-electron chi connectivity index (χ3n) is 3.64. The van der Waals surface area contributed by atoms with Crippen LogP contribution in [0.1, 0.15) is 25.2 Å². The Morgan fingerprint density at radius 1 is 1.28 bits per heavy atom. The predicted molar refractivity (Wildman–Crippen MR) is 94.5 cm³/mol. The van der Waals surface area contributed by atoms with Crippen LogP contribution in [0.5, 0.6) is 0 Å². The molecule has 0 unspecified atom stereocenters. The number of nitrogens with zero attached hydrogens (tertiary/aromatic N) is 3. The number of nitrogens with one attached hydrogen (secondary N) is 2. The summed E-state index contributed by atoms with van der Waals surface area (Å²) in [4.78, 5) is 10.7. The topological polar surface area (TPSA) is 119 Å². The van der Waals surface area contributed by atoms with E-state index in [2.05, 4.69) is 15.1 Å².